The number of rotatable bonds is 5. The monoisotopic (exact) mass is 282 g/mol. The maximum atomic E-state index is 9.36. The third kappa shape index (κ3) is 4.56. The van der Waals surface area contributed by atoms with Gasteiger partial charge >= 0.3 is 0 Å². The first-order valence-corrected chi connectivity index (χ1v) is 7.51. The van der Waals surface area contributed by atoms with E-state index in [1.54, 1.807) is 0 Å². The average Bonchev–Trinajstić information content (AvgIpc) is 2.52. The average molecular weight is 282 g/mol. The second-order valence-corrected chi connectivity index (χ2v) is 5.71. The number of hydrogen-bond acceptors (Lipinski definition) is 4. The largest absolute Gasteiger partial charge is 0.309 e. The van der Waals surface area contributed by atoms with Gasteiger partial charge in [-0.15, -0.1) is 0 Å². The summed E-state index contributed by atoms with van der Waals surface area (Å²) in [5.74, 6) is 0.00268. The number of aryl methyl sites for hydroxylation is 1. The van der Waals surface area contributed by atoms with Crippen molar-refractivity contribution < 1.29 is 0 Å². The van der Waals surface area contributed by atoms with Gasteiger partial charge in [0.15, 0.2) is 0 Å². The van der Waals surface area contributed by atoms with Crippen molar-refractivity contribution in [2.24, 2.45) is 5.92 Å². The molecular formula is C17H22N4. The molecule has 0 amide bonds. The summed E-state index contributed by atoms with van der Waals surface area (Å²) in [6, 6.07) is 13.3. The van der Waals surface area contributed by atoms with Crippen LogP contribution in [-0.4, -0.2) is 30.6 Å². The van der Waals surface area contributed by atoms with Gasteiger partial charge in [0.25, 0.3) is 0 Å². The third-order valence-electron chi connectivity index (χ3n) is 4.09. The number of benzene rings is 1. The summed E-state index contributed by atoms with van der Waals surface area (Å²) in [6.45, 7) is 5.40. The molecule has 0 bridgehead atoms. The molecule has 2 unspecified atom stereocenters. The van der Waals surface area contributed by atoms with E-state index in [0.29, 0.717) is 6.42 Å². The minimum absolute atomic E-state index is 0.00268. The van der Waals surface area contributed by atoms with Crippen LogP contribution in [0.3, 0.4) is 0 Å². The van der Waals surface area contributed by atoms with Crippen molar-refractivity contribution in [2.45, 2.75) is 32.4 Å². The molecule has 1 saturated heterocycles. The molecule has 4 nitrogen and oxygen atoms in total. The number of nitrogens with zero attached hydrogens (tertiary/aromatic N) is 3. The van der Waals surface area contributed by atoms with Crippen molar-refractivity contribution in [3.05, 3.63) is 35.4 Å². The van der Waals surface area contributed by atoms with E-state index in [1.807, 2.05) is 0 Å². The first-order valence-electron chi connectivity index (χ1n) is 7.51. The van der Waals surface area contributed by atoms with Crippen LogP contribution in [0.1, 0.15) is 24.0 Å². The van der Waals surface area contributed by atoms with E-state index in [-0.39, 0.29) is 12.0 Å². The smallest absolute Gasteiger partial charge is 0.0744 e. The summed E-state index contributed by atoms with van der Waals surface area (Å²) >= 11 is 0. The standard InChI is InChI=1S/C17H22N4/c1-14-3-5-15(6-4-14)12-20-17-7-10-21(9-2-8-18)13-16(17)11-19/h3-6,16-17,20H,2,7,9-10,12-13H2,1H3. The Morgan fingerprint density at radius 2 is 2.05 bits per heavy atom. The zero-order chi connectivity index (χ0) is 15.1. The minimum atomic E-state index is 0.00268. The van der Waals surface area contributed by atoms with Crippen molar-refractivity contribution in [1.29, 1.82) is 10.5 Å². The highest BCUT2D eigenvalue weighted by Gasteiger charge is 2.28. The molecule has 1 aliphatic heterocycles. The Balaban J connectivity index is 1.85. The van der Waals surface area contributed by atoms with Gasteiger partial charge in [0.1, 0.15) is 0 Å². The highest BCUT2D eigenvalue weighted by Crippen LogP contribution is 2.17. The van der Waals surface area contributed by atoms with Crippen molar-refractivity contribution in [2.75, 3.05) is 19.6 Å². The van der Waals surface area contributed by atoms with Crippen molar-refractivity contribution in [3.8, 4) is 12.1 Å². The Kier molecular flexibility index (Phi) is 5.75. The topological polar surface area (TPSA) is 62.9 Å². The van der Waals surface area contributed by atoms with Gasteiger partial charge in [-0.3, -0.25) is 0 Å². The summed E-state index contributed by atoms with van der Waals surface area (Å²) in [7, 11) is 0. The SMILES string of the molecule is Cc1ccc(CNC2CCN(CCC#N)CC2C#N)cc1. The van der Waals surface area contributed by atoms with Crippen LogP contribution in [0, 0.1) is 35.5 Å². The summed E-state index contributed by atoms with van der Waals surface area (Å²) in [6.07, 6.45) is 1.51. The van der Waals surface area contributed by atoms with Crippen LogP contribution in [0.2, 0.25) is 0 Å². The molecule has 21 heavy (non-hydrogen) atoms. The first-order chi connectivity index (χ1) is 10.2. The molecule has 1 N–H and O–H groups in total. The fraction of sp³-hybridized carbons (Fsp3) is 0.529. The van der Waals surface area contributed by atoms with Gasteiger partial charge in [0.2, 0.25) is 0 Å². The van der Waals surface area contributed by atoms with Gasteiger partial charge in [-0.05, 0) is 25.5 Å². The van der Waals surface area contributed by atoms with E-state index < -0.39 is 0 Å². The van der Waals surface area contributed by atoms with Crippen LogP contribution in [0.25, 0.3) is 0 Å². The van der Waals surface area contributed by atoms with Crippen LogP contribution in [-0.2, 0) is 6.54 Å². The van der Waals surface area contributed by atoms with E-state index in [0.717, 1.165) is 32.6 Å². The van der Waals surface area contributed by atoms with E-state index in [9.17, 15) is 5.26 Å². The molecule has 0 saturated carbocycles. The van der Waals surface area contributed by atoms with Gasteiger partial charge < -0.3 is 10.2 Å². The molecule has 4 heteroatoms. The van der Waals surface area contributed by atoms with E-state index in [2.05, 4.69) is 53.5 Å². The third-order valence-corrected chi connectivity index (χ3v) is 4.09. The van der Waals surface area contributed by atoms with Gasteiger partial charge in [-0.1, -0.05) is 29.8 Å². The van der Waals surface area contributed by atoms with Gasteiger partial charge in [0, 0.05) is 32.1 Å². The molecule has 0 aliphatic carbocycles. The van der Waals surface area contributed by atoms with Crippen molar-refractivity contribution in [3.63, 3.8) is 0 Å². The van der Waals surface area contributed by atoms with E-state index in [4.69, 9.17) is 5.26 Å². The summed E-state index contributed by atoms with van der Waals surface area (Å²) in [5.41, 5.74) is 2.52. The van der Waals surface area contributed by atoms with E-state index in [1.165, 1.54) is 11.1 Å². The van der Waals surface area contributed by atoms with Crippen molar-refractivity contribution in [1.82, 2.24) is 10.2 Å². The van der Waals surface area contributed by atoms with Crippen LogP contribution >= 0.6 is 0 Å². The lowest BCUT2D eigenvalue weighted by Gasteiger charge is -2.35. The number of nitriles is 2. The number of hydrogen-bond donors (Lipinski definition) is 1. The fourth-order valence-electron chi connectivity index (χ4n) is 2.76. The summed E-state index contributed by atoms with van der Waals surface area (Å²) in [4.78, 5) is 2.22. The Labute approximate surface area is 127 Å². The molecule has 2 rings (SSSR count). The lowest BCUT2D eigenvalue weighted by molar-refractivity contribution is 0.167. The number of likely N-dealkylation sites (tertiary alicyclic amines) is 1. The quantitative estimate of drug-likeness (QED) is 0.899. The van der Waals surface area contributed by atoms with Gasteiger partial charge in [-0.2, -0.15) is 10.5 Å². The maximum Gasteiger partial charge on any atom is 0.0744 e. The molecule has 0 aromatic heterocycles. The van der Waals surface area contributed by atoms with Crippen LogP contribution in [0.5, 0.6) is 0 Å². The maximum absolute atomic E-state index is 9.36. The second kappa shape index (κ2) is 7.78. The zero-order valence-corrected chi connectivity index (χ0v) is 12.5. The Morgan fingerprint density at radius 3 is 2.71 bits per heavy atom. The molecule has 1 aromatic rings. The molecule has 1 aromatic carbocycles. The minimum Gasteiger partial charge on any atom is -0.309 e. The Bertz CT molecular complexity index is 523. The van der Waals surface area contributed by atoms with Crippen LogP contribution < -0.4 is 5.32 Å². The predicted molar refractivity (Wildman–Crippen MR) is 82.2 cm³/mol. The summed E-state index contributed by atoms with van der Waals surface area (Å²) < 4.78 is 0. The molecule has 1 fully saturated rings. The lowest BCUT2D eigenvalue weighted by atomic mass is 9.93. The second-order valence-electron chi connectivity index (χ2n) is 5.71. The molecular weight excluding hydrogens is 260 g/mol. The highest BCUT2D eigenvalue weighted by molar-refractivity contribution is 5.21. The first kappa shape index (κ1) is 15.5. The van der Waals surface area contributed by atoms with Gasteiger partial charge in [0.05, 0.1) is 18.1 Å². The molecule has 2 atom stereocenters. The molecule has 0 radical (unpaired) electrons. The van der Waals surface area contributed by atoms with Crippen LogP contribution in [0.4, 0.5) is 0 Å². The molecule has 1 aliphatic rings. The lowest BCUT2D eigenvalue weighted by Crippen LogP contribution is -2.48. The fourth-order valence-corrected chi connectivity index (χ4v) is 2.76. The zero-order valence-electron chi connectivity index (χ0n) is 12.5. The van der Waals surface area contributed by atoms with Crippen molar-refractivity contribution >= 4 is 0 Å². The highest BCUT2D eigenvalue weighted by atomic mass is 15.1. The van der Waals surface area contributed by atoms with Gasteiger partial charge in [-0.25, -0.2) is 0 Å². The van der Waals surface area contributed by atoms with Crippen LogP contribution in [0.15, 0.2) is 24.3 Å². The number of piperidine rings is 1. The number of nitrogens with one attached hydrogen (secondary N) is 1. The normalized spacial score (nSPS) is 22.4. The Morgan fingerprint density at radius 1 is 1.29 bits per heavy atom. The molecule has 0 spiro atoms. The summed E-state index contributed by atoms with van der Waals surface area (Å²) in [5, 5.41) is 21.5. The predicted octanol–water partition coefficient (Wildman–Crippen LogP) is 2.21. The van der Waals surface area contributed by atoms with E-state index >= 15 is 0 Å². The Hall–Kier alpha value is -1.88. The molecule has 1 heterocycles. The molecule has 110 valence electrons.